The number of aromatic nitrogens is 3. The van der Waals surface area contributed by atoms with E-state index >= 15 is 0 Å². The standard InChI is InChI=1S/C20H28N4OS/c1-5-15-6-8-16(9-7-15)19(13(2)3)21-18(25)12-26-20-23-22-14(4)24(20)17-10-11-17/h6-9,13,17,19H,5,10-12H2,1-4H3,(H,21,25)/t19-/m1/s1. The van der Waals surface area contributed by atoms with Crippen molar-refractivity contribution < 1.29 is 4.79 Å². The van der Waals surface area contributed by atoms with Gasteiger partial charge in [0.25, 0.3) is 0 Å². The van der Waals surface area contributed by atoms with Gasteiger partial charge in [-0.2, -0.15) is 0 Å². The second-order valence-corrected chi connectivity index (χ2v) is 8.25. The van der Waals surface area contributed by atoms with Gasteiger partial charge in [0.1, 0.15) is 5.82 Å². The van der Waals surface area contributed by atoms with Crippen LogP contribution in [-0.4, -0.2) is 26.4 Å². The van der Waals surface area contributed by atoms with E-state index in [1.807, 2.05) is 6.92 Å². The van der Waals surface area contributed by atoms with Gasteiger partial charge in [0.05, 0.1) is 11.8 Å². The number of hydrogen-bond donors (Lipinski definition) is 1. The predicted octanol–water partition coefficient (Wildman–Crippen LogP) is 4.09. The Morgan fingerprint density at radius 3 is 2.54 bits per heavy atom. The molecule has 0 aliphatic heterocycles. The van der Waals surface area contributed by atoms with E-state index in [4.69, 9.17) is 0 Å². The minimum absolute atomic E-state index is 0.0250. The molecule has 1 N–H and O–H groups in total. The number of aryl methyl sites for hydroxylation is 2. The van der Waals surface area contributed by atoms with Gasteiger partial charge in [-0.1, -0.05) is 56.8 Å². The molecule has 1 fully saturated rings. The van der Waals surface area contributed by atoms with Crippen LogP contribution in [0.1, 0.15) is 62.6 Å². The molecule has 1 saturated carbocycles. The minimum atomic E-state index is 0.0250. The van der Waals surface area contributed by atoms with Crippen molar-refractivity contribution >= 4 is 17.7 Å². The molecule has 0 bridgehead atoms. The molecule has 0 unspecified atom stereocenters. The molecule has 1 aromatic carbocycles. The monoisotopic (exact) mass is 372 g/mol. The zero-order valence-electron chi connectivity index (χ0n) is 16.0. The fraction of sp³-hybridized carbons (Fsp3) is 0.550. The summed E-state index contributed by atoms with van der Waals surface area (Å²) in [6.07, 6.45) is 3.39. The maximum Gasteiger partial charge on any atom is 0.230 e. The van der Waals surface area contributed by atoms with Crippen molar-refractivity contribution in [3.05, 3.63) is 41.2 Å². The first-order valence-corrected chi connectivity index (χ1v) is 10.4. The molecule has 140 valence electrons. The molecule has 1 amide bonds. The third-order valence-corrected chi connectivity index (χ3v) is 5.75. The molecule has 2 aromatic rings. The molecule has 1 atom stereocenters. The van der Waals surface area contributed by atoms with Gasteiger partial charge in [-0.05, 0) is 43.2 Å². The van der Waals surface area contributed by atoms with E-state index in [0.29, 0.717) is 17.7 Å². The number of thioether (sulfide) groups is 1. The normalized spacial score (nSPS) is 15.3. The van der Waals surface area contributed by atoms with Gasteiger partial charge >= 0.3 is 0 Å². The zero-order valence-corrected chi connectivity index (χ0v) is 16.8. The van der Waals surface area contributed by atoms with Crippen LogP contribution in [0.25, 0.3) is 0 Å². The van der Waals surface area contributed by atoms with Gasteiger partial charge in [0, 0.05) is 6.04 Å². The average Bonchev–Trinajstić information content (AvgIpc) is 3.40. The van der Waals surface area contributed by atoms with Crippen molar-refractivity contribution in [2.45, 2.75) is 64.2 Å². The lowest BCUT2D eigenvalue weighted by Crippen LogP contribution is -2.33. The first-order valence-electron chi connectivity index (χ1n) is 9.42. The van der Waals surface area contributed by atoms with E-state index in [1.165, 1.54) is 30.2 Å². The Morgan fingerprint density at radius 2 is 1.96 bits per heavy atom. The first-order chi connectivity index (χ1) is 12.5. The highest BCUT2D eigenvalue weighted by atomic mass is 32.2. The number of rotatable bonds is 8. The maximum atomic E-state index is 12.5. The van der Waals surface area contributed by atoms with Gasteiger partial charge in [0.2, 0.25) is 5.91 Å². The van der Waals surface area contributed by atoms with Crippen LogP contribution in [0.3, 0.4) is 0 Å². The van der Waals surface area contributed by atoms with Crippen LogP contribution in [0, 0.1) is 12.8 Å². The average molecular weight is 373 g/mol. The van der Waals surface area contributed by atoms with E-state index < -0.39 is 0 Å². The summed E-state index contributed by atoms with van der Waals surface area (Å²) in [5.41, 5.74) is 2.47. The summed E-state index contributed by atoms with van der Waals surface area (Å²) in [6.45, 7) is 8.40. The lowest BCUT2D eigenvalue weighted by Gasteiger charge is -2.23. The molecule has 5 nitrogen and oxygen atoms in total. The van der Waals surface area contributed by atoms with Crippen LogP contribution in [0.2, 0.25) is 0 Å². The second kappa shape index (κ2) is 8.25. The summed E-state index contributed by atoms with van der Waals surface area (Å²) in [7, 11) is 0. The van der Waals surface area contributed by atoms with Crippen molar-refractivity contribution in [2.75, 3.05) is 5.75 Å². The Labute approximate surface area is 160 Å². The molecule has 1 aromatic heterocycles. The first kappa shape index (κ1) is 19.0. The lowest BCUT2D eigenvalue weighted by atomic mass is 9.95. The van der Waals surface area contributed by atoms with Gasteiger partial charge < -0.3 is 9.88 Å². The summed E-state index contributed by atoms with van der Waals surface area (Å²) in [6, 6.07) is 9.10. The minimum Gasteiger partial charge on any atom is -0.348 e. The highest BCUT2D eigenvalue weighted by Gasteiger charge is 2.28. The van der Waals surface area contributed by atoms with Gasteiger partial charge in [0.15, 0.2) is 5.16 Å². The molecule has 0 spiro atoms. The number of hydrogen-bond acceptors (Lipinski definition) is 4. The summed E-state index contributed by atoms with van der Waals surface area (Å²) < 4.78 is 2.17. The molecule has 6 heteroatoms. The van der Waals surface area contributed by atoms with E-state index in [0.717, 1.165) is 23.0 Å². The molecule has 1 heterocycles. The molecule has 0 saturated heterocycles. The number of amides is 1. The molecular formula is C20H28N4OS. The van der Waals surface area contributed by atoms with E-state index in [1.54, 1.807) is 0 Å². The zero-order chi connectivity index (χ0) is 18.7. The van der Waals surface area contributed by atoms with Crippen molar-refractivity contribution in [3.63, 3.8) is 0 Å². The van der Waals surface area contributed by atoms with Crippen molar-refractivity contribution in [2.24, 2.45) is 5.92 Å². The Hall–Kier alpha value is -1.82. The Kier molecular flexibility index (Phi) is 6.01. The topological polar surface area (TPSA) is 59.8 Å². The van der Waals surface area contributed by atoms with Crippen LogP contribution in [0.4, 0.5) is 0 Å². The molecule has 0 radical (unpaired) electrons. The Morgan fingerprint density at radius 1 is 1.27 bits per heavy atom. The summed E-state index contributed by atoms with van der Waals surface area (Å²) in [5.74, 6) is 1.66. The molecular weight excluding hydrogens is 344 g/mol. The number of carbonyl (C=O) groups excluding carboxylic acids is 1. The summed E-state index contributed by atoms with van der Waals surface area (Å²) in [4.78, 5) is 12.5. The van der Waals surface area contributed by atoms with Crippen LogP contribution < -0.4 is 5.32 Å². The third-order valence-electron chi connectivity index (χ3n) is 4.81. The van der Waals surface area contributed by atoms with Gasteiger partial charge in [-0.3, -0.25) is 4.79 Å². The molecule has 3 rings (SSSR count). The highest BCUT2D eigenvalue weighted by Crippen LogP contribution is 2.38. The van der Waals surface area contributed by atoms with Crippen LogP contribution in [0.5, 0.6) is 0 Å². The number of nitrogens with zero attached hydrogens (tertiary/aromatic N) is 3. The fourth-order valence-electron chi connectivity index (χ4n) is 3.14. The van der Waals surface area contributed by atoms with Gasteiger partial charge in [-0.15, -0.1) is 10.2 Å². The van der Waals surface area contributed by atoms with E-state index in [2.05, 4.69) is 65.1 Å². The second-order valence-electron chi connectivity index (χ2n) is 7.30. The highest BCUT2D eigenvalue weighted by molar-refractivity contribution is 7.99. The SMILES string of the molecule is CCc1ccc([C@H](NC(=O)CSc2nnc(C)n2C2CC2)C(C)C)cc1. The summed E-state index contributed by atoms with van der Waals surface area (Å²) in [5, 5.41) is 12.5. The predicted molar refractivity (Wildman–Crippen MR) is 105 cm³/mol. The van der Waals surface area contributed by atoms with Crippen molar-refractivity contribution in [3.8, 4) is 0 Å². The van der Waals surface area contributed by atoms with Crippen LogP contribution >= 0.6 is 11.8 Å². The van der Waals surface area contributed by atoms with Crippen molar-refractivity contribution in [1.29, 1.82) is 0 Å². The maximum absolute atomic E-state index is 12.5. The molecule has 1 aliphatic carbocycles. The van der Waals surface area contributed by atoms with Gasteiger partial charge in [-0.25, -0.2) is 0 Å². The number of benzene rings is 1. The number of nitrogens with one attached hydrogen (secondary N) is 1. The van der Waals surface area contributed by atoms with Crippen LogP contribution in [-0.2, 0) is 11.2 Å². The molecule has 26 heavy (non-hydrogen) atoms. The fourth-order valence-corrected chi connectivity index (χ4v) is 4.00. The largest absolute Gasteiger partial charge is 0.348 e. The third kappa shape index (κ3) is 4.47. The van der Waals surface area contributed by atoms with E-state index in [9.17, 15) is 4.79 Å². The molecule has 1 aliphatic rings. The Bertz CT molecular complexity index is 750. The lowest BCUT2D eigenvalue weighted by molar-refractivity contribution is -0.119. The van der Waals surface area contributed by atoms with Crippen LogP contribution in [0.15, 0.2) is 29.4 Å². The summed E-state index contributed by atoms with van der Waals surface area (Å²) >= 11 is 1.48. The van der Waals surface area contributed by atoms with E-state index in [-0.39, 0.29) is 11.9 Å². The van der Waals surface area contributed by atoms with Crippen molar-refractivity contribution in [1.82, 2.24) is 20.1 Å². The smallest absolute Gasteiger partial charge is 0.230 e. The Balaban J connectivity index is 1.61. The quantitative estimate of drug-likeness (QED) is 0.709. The number of carbonyl (C=O) groups is 1.